The van der Waals surface area contributed by atoms with Gasteiger partial charge in [0.1, 0.15) is 29.0 Å². The van der Waals surface area contributed by atoms with E-state index in [1.54, 1.807) is 48.0 Å². The average molecular weight is 509 g/mol. The largest absolute Gasteiger partial charge is 0.484 e. The van der Waals surface area contributed by atoms with Gasteiger partial charge in [0.05, 0.1) is 11.6 Å². The summed E-state index contributed by atoms with van der Waals surface area (Å²) in [5.74, 6) is 0.289. The molecule has 0 saturated heterocycles. The molecule has 0 atom stereocenters. The van der Waals surface area contributed by atoms with E-state index in [0.717, 1.165) is 5.69 Å². The van der Waals surface area contributed by atoms with E-state index in [0.29, 0.717) is 38.0 Å². The van der Waals surface area contributed by atoms with Gasteiger partial charge in [-0.05, 0) is 43.3 Å². The van der Waals surface area contributed by atoms with E-state index in [1.165, 1.54) is 18.2 Å². The fourth-order valence-electron chi connectivity index (χ4n) is 3.06. The molecule has 1 N–H and O–H groups in total. The molecule has 0 fully saturated rings. The van der Waals surface area contributed by atoms with Gasteiger partial charge >= 0.3 is 0 Å². The highest BCUT2D eigenvalue weighted by Crippen LogP contribution is 2.32. The maximum absolute atomic E-state index is 14.1. The number of furan rings is 1. The molecule has 2 aromatic heterocycles. The van der Waals surface area contributed by atoms with Gasteiger partial charge < -0.3 is 14.5 Å². The van der Waals surface area contributed by atoms with Crippen LogP contribution < -0.4 is 10.1 Å². The lowest BCUT2D eigenvalue weighted by Crippen LogP contribution is -2.12. The first kappa shape index (κ1) is 23.2. The quantitative estimate of drug-likeness (QED) is 0.299. The number of aromatic nitrogens is 2. The topological polar surface area (TPSA) is 69.3 Å². The zero-order valence-electron chi connectivity index (χ0n) is 17.2. The Morgan fingerprint density at radius 1 is 1.12 bits per heavy atom. The second kappa shape index (κ2) is 9.87. The summed E-state index contributed by atoms with van der Waals surface area (Å²) >= 11 is 18.2. The summed E-state index contributed by atoms with van der Waals surface area (Å²) in [6, 6.07) is 14.3. The number of carbonyl (C=O) groups is 1. The summed E-state index contributed by atoms with van der Waals surface area (Å²) in [4.78, 5) is 12.6. The van der Waals surface area contributed by atoms with E-state index >= 15 is 0 Å². The van der Waals surface area contributed by atoms with Gasteiger partial charge in [0.25, 0.3) is 5.91 Å². The molecule has 6 nitrogen and oxygen atoms in total. The summed E-state index contributed by atoms with van der Waals surface area (Å²) in [5, 5.41) is 7.97. The minimum absolute atomic E-state index is 0.0600. The van der Waals surface area contributed by atoms with Crippen LogP contribution in [0.4, 0.5) is 10.2 Å². The smallest absolute Gasteiger partial charge is 0.292 e. The third-order valence-electron chi connectivity index (χ3n) is 4.76. The van der Waals surface area contributed by atoms with Crippen molar-refractivity contribution in [1.82, 2.24) is 9.78 Å². The SMILES string of the molecule is Cc1cc(NC(=O)c2ccc(COc3cccc(Cl)c3Cl)o2)nn1Cc1c(F)cccc1Cl. The average Bonchev–Trinajstić information content (AvgIpc) is 3.38. The Morgan fingerprint density at radius 3 is 2.67 bits per heavy atom. The highest BCUT2D eigenvalue weighted by Gasteiger charge is 2.16. The van der Waals surface area contributed by atoms with E-state index < -0.39 is 11.7 Å². The second-order valence-electron chi connectivity index (χ2n) is 7.09. The zero-order valence-corrected chi connectivity index (χ0v) is 19.5. The molecule has 0 saturated carbocycles. The molecule has 0 aliphatic heterocycles. The minimum atomic E-state index is -0.490. The van der Waals surface area contributed by atoms with Gasteiger partial charge in [0.15, 0.2) is 11.6 Å². The predicted octanol–water partition coefficient (Wildman–Crippen LogP) is 6.76. The molecule has 0 unspecified atom stereocenters. The molecule has 10 heteroatoms. The summed E-state index contributed by atoms with van der Waals surface area (Å²) in [5.41, 5.74) is 1.04. The van der Waals surface area contributed by atoms with E-state index in [-0.39, 0.29) is 18.9 Å². The predicted molar refractivity (Wildman–Crippen MR) is 125 cm³/mol. The van der Waals surface area contributed by atoms with Crippen molar-refractivity contribution in [3.8, 4) is 5.75 Å². The third kappa shape index (κ3) is 5.33. The fourth-order valence-corrected chi connectivity index (χ4v) is 3.63. The van der Waals surface area contributed by atoms with Crippen LogP contribution >= 0.6 is 34.8 Å². The van der Waals surface area contributed by atoms with Crippen molar-refractivity contribution in [3.63, 3.8) is 0 Å². The maximum atomic E-state index is 14.1. The summed E-state index contributed by atoms with van der Waals surface area (Å²) in [6.45, 7) is 1.98. The van der Waals surface area contributed by atoms with Crippen LogP contribution in [0.25, 0.3) is 0 Å². The van der Waals surface area contributed by atoms with Crippen LogP contribution in [-0.4, -0.2) is 15.7 Å². The van der Waals surface area contributed by atoms with Crippen LogP contribution in [0.15, 0.2) is 59.0 Å². The van der Waals surface area contributed by atoms with Crippen molar-refractivity contribution in [2.75, 3.05) is 5.32 Å². The zero-order chi connectivity index (χ0) is 23.5. The molecule has 170 valence electrons. The Morgan fingerprint density at radius 2 is 1.88 bits per heavy atom. The standard InChI is InChI=1S/C23H17Cl3FN3O3/c1-13-10-21(29-30(13)11-15-16(24)4-2-6-18(15)27)28-23(31)20-9-8-14(33-20)12-32-19-7-3-5-17(25)22(19)26/h2-10H,11-12H2,1H3,(H,28,29,31). The summed E-state index contributed by atoms with van der Waals surface area (Å²) in [7, 11) is 0. The van der Waals surface area contributed by atoms with Crippen LogP contribution in [0, 0.1) is 12.7 Å². The van der Waals surface area contributed by atoms with Crippen molar-refractivity contribution >= 4 is 46.5 Å². The van der Waals surface area contributed by atoms with E-state index in [4.69, 9.17) is 44.0 Å². The molecule has 4 aromatic rings. The van der Waals surface area contributed by atoms with Crippen molar-refractivity contribution in [2.24, 2.45) is 0 Å². The first-order chi connectivity index (χ1) is 15.8. The Bertz CT molecular complexity index is 1300. The number of ether oxygens (including phenoxy) is 1. The molecule has 0 aliphatic carbocycles. The van der Waals surface area contributed by atoms with Crippen LogP contribution in [0.2, 0.25) is 15.1 Å². The lowest BCUT2D eigenvalue weighted by Gasteiger charge is -2.07. The highest BCUT2D eigenvalue weighted by atomic mass is 35.5. The lowest BCUT2D eigenvalue weighted by molar-refractivity contribution is 0.0992. The van der Waals surface area contributed by atoms with E-state index in [9.17, 15) is 9.18 Å². The molecule has 1 amide bonds. The van der Waals surface area contributed by atoms with Gasteiger partial charge in [-0.1, -0.05) is 46.9 Å². The van der Waals surface area contributed by atoms with Gasteiger partial charge in [-0.2, -0.15) is 5.10 Å². The van der Waals surface area contributed by atoms with Gasteiger partial charge in [-0.15, -0.1) is 0 Å². The van der Waals surface area contributed by atoms with Gasteiger partial charge in [0.2, 0.25) is 0 Å². The molecule has 0 radical (unpaired) electrons. The number of hydrogen-bond donors (Lipinski definition) is 1. The molecular formula is C23H17Cl3FN3O3. The van der Waals surface area contributed by atoms with Crippen LogP contribution in [0.1, 0.15) is 27.6 Å². The molecule has 33 heavy (non-hydrogen) atoms. The Kier molecular flexibility index (Phi) is 6.93. The third-order valence-corrected chi connectivity index (χ3v) is 5.92. The minimum Gasteiger partial charge on any atom is -0.484 e. The molecule has 0 aliphatic rings. The van der Waals surface area contributed by atoms with Crippen LogP contribution in [0.3, 0.4) is 0 Å². The Labute approximate surface area is 203 Å². The molecule has 0 bridgehead atoms. The number of aryl methyl sites for hydroxylation is 1. The Hall–Kier alpha value is -3.00. The van der Waals surface area contributed by atoms with Crippen molar-refractivity contribution in [2.45, 2.75) is 20.1 Å². The number of rotatable bonds is 7. The monoisotopic (exact) mass is 507 g/mol. The second-order valence-corrected chi connectivity index (χ2v) is 8.28. The number of anilines is 1. The van der Waals surface area contributed by atoms with E-state index in [2.05, 4.69) is 10.4 Å². The summed E-state index contributed by atoms with van der Waals surface area (Å²) < 4.78 is 26.8. The van der Waals surface area contributed by atoms with Gasteiger partial charge in [0, 0.05) is 22.3 Å². The lowest BCUT2D eigenvalue weighted by atomic mass is 10.2. The van der Waals surface area contributed by atoms with Gasteiger partial charge in [-0.3, -0.25) is 9.48 Å². The van der Waals surface area contributed by atoms with Crippen LogP contribution in [-0.2, 0) is 13.2 Å². The molecule has 2 heterocycles. The van der Waals surface area contributed by atoms with Crippen molar-refractivity contribution in [1.29, 1.82) is 0 Å². The normalized spacial score (nSPS) is 10.9. The van der Waals surface area contributed by atoms with Crippen molar-refractivity contribution < 1.29 is 18.3 Å². The van der Waals surface area contributed by atoms with Gasteiger partial charge in [-0.25, -0.2) is 4.39 Å². The number of nitrogens with one attached hydrogen (secondary N) is 1. The molecule has 0 spiro atoms. The molecule has 4 rings (SSSR count). The molecule has 2 aromatic carbocycles. The molecular weight excluding hydrogens is 492 g/mol. The number of nitrogens with zero attached hydrogens (tertiary/aromatic N) is 2. The number of carbonyl (C=O) groups excluding carboxylic acids is 1. The Balaban J connectivity index is 1.40. The highest BCUT2D eigenvalue weighted by molar-refractivity contribution is 6.42. The first-order valence-corrected chi connectivity index (χ1v) is 10.9. The number of hydrogen-bond acceptors (Lipinski definition) is 4. The van der Waals surface area contributed by atoms with Crippen molar-refractivity contribution in [3.05, 3.63) is 98.3 Å². The van der Waals surface area contributed by atoms with Crippen LogP contribution in [0.5, 0.6) is 5.75 Å². The number of amides is 1. The summed E-state index contributed by atoms with van der Waals surface area (Å²) in [6.07, 6.45) is 0. The van der Waals surface area contributed by atoms with E-state index in [1.807, 2.05) is 0 Å². The first-order valence-electron chi connectivity index (χ1n) is 9.76. The maximum Gasteiger partial charge on any atom is 0.292 e. The fraction of sp³-hybridized carbons (Fsp3) is 0.130. The number of halogens is 4. The number of benzene rings is 2.